The lowest BCUT2D eigenvalue weighted by Crippen LogP contribution is -2.08. The number of aliphatic hydroxyl groups excluding tert-OH is 1. The second kappa shape index (κ2) is 17.2. The molecule has 1 unspecified atom stereocenters. The Kier molecular flexibility index (Phi) is 13.1. The first-order chi connectivity index (χ1) is 21.8. The van der Waals surface area contributed by atoms with E-state index in [1.807, 2.05) is 12.1 Å². The van der Waals surface area contributed by atoms with E-state index in [9.17, 15) is 10.2 Å². The van der Waals surface area contributed by atoms with Gasteiger partial charge in [-0.05, 0) is 62.9 Å². The molecule has 1 atom stereocenters. The van der Waals surface area contributed by atoms with Crippen molar-refractivity contribution in [3.8, 4) is 39.9 Å². The maximum Gasteiger partial charge on any atom is 0.167 e. The second-order valence-electron chi connectivity index (χ2n) is 12.5. The topological polar surface area (TPSA) is 88.4 Å². The maximum absolute atomic E-state index is 11.1. The zero-order valence-electron chi connectivity index (χ0n) is 27.9. The highest BCUT2D eigenvalue weighted by molar-refractivity contribution is 5.72. The number of hydrogen-bond donors (Lipinski definition) is 2. The van der Waals surface area contributed by atoms with Crippen LogP contribution >= 0.6 is 0 Å². The first kappa shape index (κ1) is 34.3. The van der Waals surface area contributed by atoms with Gasteiger partial charge in [-0.25, -0.2) is 15.0 Å². The van der Waals surface area contributed by atoms with Crippen molar-refractivity contribution in [1.82, 2.24) is 15.0 Å². The zero-order chi connectivity index (χ0) is 32.2. The lowest BCUT2D eigenvalue weighted by molar-refractivity contribution is 0.0343. The Morgan fingerprint density at radius 3 is 1.56 bits per heavy atom. The van der Waals surface area contributed by atoms with Crippen LogP contribution in [0.2, 0.25) is 0 Å². The van der Waals surface area contributed by atoms with Crippen molar-refractivity contribution in [2.24, 2.45) is 0 Å². The van der Waals surface area contributed by atoms with E-state index in [1.54, 1.807) is 18.2 Å². The molecule has 0 aliphatic rings. The molecule has 1 heterocycles. The van der Waals surface area contributed by atoms with Gasteiger partial charge in [-0.1, -0.05) is 118 Å². The van der Waals surface area contributed by atoms with Crippen LogP contribution in [0, 0.1) is 27.7 Å². The molecule has 0 aliphatic carbocycles. The van der Waals surface area contributed by atoms with E-state index in [0.717, 1.165) is 35.1 Å². The summed E-state index contributed by atoms with van der Waals surface area (Å²) < 4.78 is 5.78. The standard InChI is InChI=1S/C39H51N3O3/c1-6-7-8-9-10-11-12-13-14-15-22-45-26-36(44)31-18-21-34(35(43)25-31)39-41-37(32-19-16-27(2)23-29(32)4)40-38(42-39)33-20-17-28(3)24-30(33)5/h16-21,23-25,36,43-44H,6-15,22,26H2,1-5H3. The molecule has 0 amide bonds. The average Bonchev–Trinajstić information content (AvgIpc) is 3.01. The van der Waals surface area contributed by atoms with Gasteiger partial charge in [0.15, 0.2) is 17.5 Å². The Hall–Kier alpha value is -3.61. The van der Waals surface area contributed by atoms with Crippen LogP contribution in [0.4, 0.5) is 0 Å². The minimum Gasteiger partial charge on any atom is -0.507 e. The summed E-state index contributed by atoms with van der Waals surface area (Å²) in [5.74, 6) is 1.49. The van der Waals surface area contributed by atoms with Crippen LogP contribution < -0.4 is 0 Å². The first-order valence-electron chi connectivity index (χ1n) is 16.8. The molecule has 0 bridgehead atoms. The molecule has 0 radical (unpaired) electrons. The third-order valence-corrected chi connectivity index (χ3v) is 8.45. The molecule has 4 rings (SSSR count). The van der Waals surface area contributed by atoms with Crippen LogP contribution in [0.1, 0.15) is 105 Å². The molecule has 0 fully saturated rings. The lowest BCUT2D eigenvalue weighted by atomic mass is 10.0. The van der Waals surface area contributed by atoms with E-state index >= 15 is 0 Å². The highest BCUT2D eigenvalue weighted by atomic mass is 16.5. The van der Waals surface area contributed by atoms with E-state index in [2.05, 4.69) is 58.9 Å². The number of phenols is 1. The molecule has 2 N–H and O–H groups in total. The van der Waals surface area contributed by atoms with Crippen LogP contribution in [-0.2, 0) is 4.74 Å². The van der Waals surface area contributed by atoms with Crippen LogP contribution in [0.5, 0.6) is 5.75 Å². The SMILES string of the molecule is CCCCCCCCCCCCOCC(O)c1ccc(-c2nc(-c3ccc(C)cc3C)nc(-c3ccc(C)cc3C)n2)c(O)c1. The monoisotopic (exact) mass is 609 g/mol. The van der Waals surface area contributed by atoms with Gasteiger partial charge in [-0.2, -0.15) is 0 Å². The summed E-state index contributed by atoms with van der Waals surface area (Å²) in [4.78, 5) is 14.5. The van der Waals surface area contributed by atoms with Gasteiger partial charge in [0, 0.05) is 17.7 Å². The number of unbranched alkanes of at least 4 members (excludes halogenated alkanes) is 9. The van der Waals surface area contributed by atoms with Gasteiger partial charge in [0.05, 0.1) is 12.2 Å². The third kappa shape index (κ3) is 9.94. The first-order valence-corrected chi connectivity index (χ1v) is 16.8. The summed E-state index contributed by atoms with van der Waals surface area (Å²) in [6, 6.07) is 17.5. The predicted molar refractivity (Wildman–Crippen MR) is 184 cm³/mol. The van der Waals surface area contributed by atoms with Gasteiger partial charge in [-0.3, -0.25) is 0 Å². The fourth-order valence-electron chi connectivity index (χ4n) is 5.79. The van der Waals surface area contributed by atoms with Crippen molar-refractivity contribution in [2.45, 2.75) is 105 Å². The summed E-state index contributed by atoms with van der Waals surface area (Å²) in [6.45, 7) is 11.3. The average molecular weight is 610 g/mol. The Balaban J connectivity index is 1.42. The van der Waals surface area contributed by atoms with Gasteiger partial charge in [0.25, 0.3) is 0 Å². The normalized spacial score (nSPS) is 12.0. The fourth-order valence-corrected chi connectivity index (χ4v) is 5.79. The van der Waals surface area contributed by atoms with Crippen LogP contribution in [-0.4, -0.2) is 38.4 Å². The Labute approximate surface area is 270 Å². The highest BCUT2D eigenvalue weighted by Gasteiger charge is 2.18. The molecule has 3 aromatic carbocycles. The Morgan fingerprint density at radius 1 is 0.600 bits per heavy atom. The molecule has 0 saturated heterocycles. The third-order valence-electron chi connectivity index (χ3n) is 8.45. The maximum atomic E-state index is 11.1. The van der Waals surface area contributed by atoms with Crippen molar-refractivity contribution in [3.63, 3.8) is 0 Å². The van der Waals surface area contributed by atoms with Gasteiger partial charge >= 0.3 is 0 Å². The number of ether oxygens (including phenoxy) is 1. The van der Waals surface area contributed by atoms with E-state index in [4.69, 9.17) is 19.7 Å². The molecular weight excluding hydrogens is 558 g/mol. The Morgan fingerprint density at radius 2 is 1.07 bits per heavy atom. The minimum atomic E-state index is -0.831. The van der Waals surface area contributed by atoms with Crippen molar-refractivity contribution in [3.05, 3.63) is 82.4 Å². The molecule has 45 heavy (non-hydrogen) atoms. The van der Waals surface area contributed by atoms with Gasteiger partial charge in [0.2, 0.25) is 0 Å². The molecule has 6 heteroatoms. The molecule has 0 saturated carbocycles. The van der Waals surface area contributed by atoms with Crippen molar-refractivity contribution < 1.29 is 14.9 Å². The van der Waals surface area contributed by atoms with Crippen LogP contribution in [0.3, 0.4) is 0 Å². The van der Waals surface area contributed by atoms with E-state index < -0.39 is 6.10 Å². The molecule has 0 spiro atoms. The molecule has 0 aliphatic heterocycles. The molecular formula is C39H51N3O3. The molecule has 1 aromatic heterocycles. The van der Waals surface area contributed by atoms with Gasteiger partial charge in [0.1, 0.15) is 11.9 Å². The number of benzene rings is 3. The molecule has 240 valence electrons. The van der Waals surface area contributed by atoms with Crippen molar-refractivity contribution in [2.75, 3.05) is 13.2 Å². The van der Waals surface area contributed by atoms with Gasteiger partial charge < -0.3 is 14.9 Å². The van der Waals surface area contributed by atoms with Crippen LogP contribution in [0.25, 0.3) is 34.2 Å². The summed E-state index contributed by atoms with van der Waals surface area (Å²) in [5.41, 5.74) is 7.38. The van der Waals surface area contributed by atoms with Gasteiger partial charge in [-0.15, -0.1) is 0 Å². The highest BCUT2D eigenvalue weighted by Crippen LogP contribution is 2.33. The smallest absolute Gasteiger partial charge is 0.167 e. The number of rotatable bonds is 17. The van der Waals surface area contributed by atoms with E-state index in [1.165, 1.54) is 62.5 Å². The Bertz CT molecular complexity index is 1460. The number of aryl methyl sites for hydroxylation is 4. The predicted octanol–water partition coefficient (Wildman–Crippen LogP) is 9.78. The number of phenolic OH excluding ortho intramolecular Hbond substituents is 1. The second-order valence-corrected chi connectivity index (χ2v) is 12.5. The number of aromatic nitrogens is 3. The largest absolute Gasteiger partial charge is 0.507 e. The summed E-state index contributed by atoms with van der Waals surface area (Å²) in [6.07, 6.45) is 11.9. The van der Waals surface area contributed by atoms with E-state index in [0.29, 0.717) is 35.2 Å². The molecule has 4 aromatic rings. The van der Waals surface area contributed by atoms with Crippen LogP contribution in [0.15, 0.2) is 54.6 Å². The summed E-state index contributed by atoms with van der Waals surface area (Å²) in [7, 11) is 0. The number of hydrogen-bond acceptors (Lipinski definition) is 6. The lowest BCUT2D eigenvalue weighted by Gasteiger charge is -2.15. The minimum absolute atomic E-state index is 0.00519. The fraction of sp³-hybridized carbons (Fsp3) is 0.462. The summed E-state index contributed by atoms with van der Waals surface area (Å²) >= 11 is 0. The summed E-state index contributed by atoms with van der Waals surface area (Å²) in [5, 5.41) is 21.9. The number of aromatic hydroxyl groups is 1. The van der Waals surface area contributed by atoms with Crippen molar-refractivity contribution in [1.29, 1.82) is 0 Å². The van der Waals surface area contributed by atoms with E-state index in [-0.39, 0.29) is 12.4 Å². The number of nitrogens with zero attached hydrogens (tertiary/aromatic N) is 3. The molecule has 6 nitrogen and oxygen atoms in total. The van der Waals surface area contributed by atoms with Crippen molar-refractivity contribution >= 4 is 0 Å². The quantitative estimate of drug-likeness (QED) is 0.116. The zero-order valence-corrected chi connectivity index (χ0v) is 27.9. The number of aliphatic hydroxyl groups is 1.